The molecule has 0 amide bonds. The second-order valence-electron chi connectivity index (χ2n) is 6.76. The minimum Gasteiger partial charge on any atom is -0.314 e. The Kier molecular flexibility index (Phi) is 6.10. The van der Waals surface area contributed by atoms with Crippen molar-refractivity contribution in [3.63, 3.8) is 0 Å². The highest BCUT2D eigenvalue weighted by atomic mass is 31.2. The van der Waals surface area contributed by atoms with Crippen molar-refractivity contribution in [2.45, 2.75) is 77.6 Å². The molecule has 1 aliphatic rings. The molecule has 0 aliphatic carbocycles. The fourth-order valence-electron chi connectivity index (χ4n) is 3.86. The number of nitrogens with zero attached hydrogens (tertiary/aromatic N) is 1. The molecular weight excluding hydrogens is 305 g/mol. The topological polar surface area (TPSA) is 29.5 Å². The maximum absolute atomic E-state index is 14.1. The third kappa shape index (κ3) is 3.43. The fraction of sp³-hybridized carbons (Fsp3) is 0.684. The second kappa shape index (κ2) is 7.51. The smallest absolute Gasteiger partial charge is 0.280 e. The summed E-state index contributed by atoms with van der Waals surface area (Å²) in [5.74, 6) is 0. The van der Waals surface area contributed by atoms with Crippen LogP contribution in [0.5, 0.6) is 0 Å². The Labute approximate surface area is 141 Å². The van der Waals surface area contributed by atoms with E-state index in [1.807, 2.05) is 25.1 Å². The van der Waals surface area contributed by atoms with Crippen molar-refractivity contribution in [1.29, 1.82) is 0 Å². The summed E-state index contributed by atoms with van der Waals surface area (Å²) in [7, 11) is -2.93. The maximum atomic E-state index is 14.1. The maximum Gasteiger partial charge on any atom is 0.280 e. The Morgan fingerprint density at radius 3 is 2.30 bits per heavy atom. The molecule has 0 radical (unpaired) electrons. The van der Waals surface area contributed by atoms with Crippen LogP contribution < -0.4 is 0 Å². The third-order valence-corrected chi connectivity index (χ3v) is 8.94. The van der Waals surface area contributed by atoms with Crippen LogP contribution in [-0.4, -0.2) is 22.9 Å². The van der Waals surface area contributed by atoms with Crippen molar-refractivity contribution in [3.05, 3.63) is 35.9 Å². The lowest BCUT2D eigenvalue weighted by Crippen LogP contribution is -2.49. The normalized spacial score (nSPS) is 27.8. The molecular formula is C19H32NO2P. The van der Waals surface area contributed by atoms with Crippen LogP contribution in [-0.2, 0) is 9.09 Å². The van der Waals surface area contributed by atoms with Gasteiger partial charge in [-0.05, 0) is 45.1 Å². The van der Waals surface area contributed by atoms with E-state index in [9.17, 15) is 4.57 Å². The van der Waals surface area contributed by atoms with Gasteiger partial charge in [-0.1, -0.05) is 51.1 Å². The number of hydrogen-bond acceptors (Lipinski definition) is 2. The molecule has 0 N–H and O–H groups in total. The van der Waals surface area contributed by atoms with E-state index in [2.05, 4.69) is 44.5 Å². The van der Waals surface area contributed by atoms with Gasteiger partial charge >= 0.3 is 0 Å². The second-order valence-corrected chi connectivity index (χ2v) is 9.36. The Bertz CT molecular complexity index is 533. The number of hydrogen-bond donors (Lipinski definition) is 0. The third-order valence-electron chi connectivity index (χ3n) is 5.71. The van der Waals surface area contributed by atoms with E-state index >= 15 is 0 Å². The van der Waals surface area contributed by atoms with Gasteiger partial charge in [0, 0.05) is 12.1 Å². The molecule has 0 unspecified atom stereocenters. The van der Waals surface area contributed by atoms with Gasteiger partial charge < -0.3 is 4.52 Å². The minimum absolute atomic E-state index is 0.0291. The molecule has 0 spiro atoms. The molecule has 0 saturated carbocycles. The summed E-state index contributed by atoms with van der Waals surface area (Å²) in [5.41, 5.74) is 0.973. The van der Waals surface area contributed by atoms with E-state index in [0.717, 1.165) is 37.8 Å². The van der Waals surface area contributed by atoms with Crippen molar-refractivity contribution in [3.8, 4) is 0 Å². The van der Waals surface area contributed by atoms with Gasteiger partial charge in [-0.2, -0.15) is 0 Å². The van der Waals surface area contributed by atoms with Crippen molar-refractivity contribution >= 4 is 7.52 Å². The van der Waals surface area contributed by atoms with Crippen LogP contribution in [0.4, 0.5) is 0 Å². The molecule has 3 atom stereocenters. The molecule has 0 aromatic heterocycles. The average molecular weight is 337 g/mol. The lowest BCUT2D eigenvalue weighted by Gasteiger charge is -2.51. The Morgan fingerprint density at radius 2 is 1.78 bits per heavy atom. The predicted octanol–water partition coefficient (Wildman–Crippen LogP) is 6.02. The Morgan fingerprint density at radius 1 is 1.22 bits per heavy atom. The number of benzene rings is 1. The molecule has 1 aromatic rings. The molecule has 4 heteroatoms. The first-order valence-electron chi connectivity index (χ1n) is 9.04. The summed E-state index contributed by atoms with van der Waals surface area (Å²) in [5, 5.41) is 0. The van der Waals surface area contributed by atoms with E-state index < -0.39 is 7.52 Å². The summed E-state index contributed by atoms with van der Waals surface area (Å²) in [6, 6.07) is 10.2. The van der Waals surface area contributed by atoms with Crippen LogP contribution in [0, 0.1) is 0 Å². The standard InChI is InChI=1S/C19H32NO2P/c1-6-19(7-2,8-3)20-15-14-16(4)22-23(20,21)17(5)18-12-10-9-11-13-18/h9-13,16-17H,6-8,14-15H2,1-5H3/t16-,17-,23-/m0/s1. The van der Waals surface area contributed by atoms with Crippen molar-refractivity contribution in [1.82, 2.24) is 4.67 Å². The van der Waals surface area contributed by atoms with Crippen LogP contribution in [0.15, 0.2) is 30.3 Å². The van der Waals surface area contributed by atoms with E-state index in [1.54, 1.807) is 0 Å². The first-order valence-corrected chi connectivity index (χ1v) is 10.7. The SMILES string of the molecule is CCC(CC)(CC)N1CC[C@H](C)O[P@@]1(=O)[C@@H](C)c1ccccc1. The molecule has 2 rings (SSSR count). The molecule has 1 aromatic carbocycles. The van der Waals surface area contributed by atoms with Crippen molar-refractivity contribution in [2.75, 3.05) is 6.54 Å². The van der Waals surface area contributed by atoms with Gasteiger partial charge in [0.1, 0.15) is 0 Å². The largest absolute Gasteiger partial charge is 0.314 e. The van der Waals surface area contributed by atoms with Crippen molar-refractivity contribution in [2.24, 2.45) is 0 Å². The molecule has 1 aliphatic heterocycles. The van der Waals surface area contributed by atoms with Crippen LogP contribution in [0.3, 0.4) is 0 Å². The highest BCUT2D eigenvalue weighted by Gasteiger charge is 2.50. The lowest BCUT2D eigenvalue weighted by atomic mass is 9.89. The van der Waals surface area contributed by atoms with Gasteiger partial charge in [0.05, 0.1) is 11.8 Å². The van der Waals surface area contributed by atoms with Gasteiger partial charge in [0.15, 0.2) is 0 Å². The van der Waals surface area contributed by atoms with E-state index in [-0.39, 0.29) is 17.3 Å². The highest BCUT2D eigenvalue weighted by molar-refractivity contribution is 7.57. The zero-order valence-corrected chi connectivity index (χ0v) is 16.2. The van der Waals surface area contributed by atoms with Gasteiger partial charge in [0.25, 0.3) is 7.52 Å². The lowest BCUT2D eigenvalue weighted by molar-refractivity contribution is 0.0660. The zero-order valence-electron chi connectivity index (χ0n) is 15.3. The summed E-state index contributed by atoms with van der Waals surface area (Å²) in [6.07, 6.45) is 4.02. The summed E-state index contributed by atoms with van der Waals surface area (Å²) < 4.78 is 22.5. The molecule has 3 nitrogen and oxygen atoms in total. The minimum atomic E-state index is -2.93. The van der Waals surface area contributed by atoms with Crippen LogP contribution in [0.2, 0.25) is 0 Å². The average Bonchev–Trinajstić information content (AvgIpc) is 2.58. The highest BCUT2D eigenvalue weighted by Crippen LogP contribution is 2.68. The van der Waals surface area contributed by atoms with Crippen molar-refractivity contribution < 1.29 is 9.09 Å². The first-order chi connectivity index (χ1) is 10.9. The fourth-order valence-corrected chi connectivity index (χ4v) is 7.16. The van der Waals surface area contributed by atoms with Gasteiger partial charge in [-0.25, -0.2) is 4.67 Å². The van der Waals surface area contributed by atoms with Crippen LogP contribution >= 0.6 is 7.52 Å². The van der Waals surface area contributed by atoms with Crippen LogP contribution in [0.1, 0.15) is 71.5 Å². The van der Waals surface area contributed by atoms with E-state index in [1.165, 1.54) is 0 Å². The van der Waals surface area contributed by atoms with Gasteiger partial charge in [-0.15, -0.1) is 0 Å². The van der Waals surface area contributed by atoms with E-state index in [0.29, 0.717) is 0 Å². The Balaban J connectivity index is 2.46. The molecule has 0 bridgehead atoms. The first kappa shape index (κ1) is 18.7. The quantitative estimate of drug-likeness (QED) is 0.594. The van der Waals surface area contributed by atoms with E-state index in [4.69, 9.17) is 4.52 Å². The molecule has 130 valence electrons. The molecule has 1 heterocycles. The summed E-state index contributed by atoms with van der Waals surface area (Å²) in [6.45, 7) is 11.6. The van der Waals surface area contributed by atoms with Gasteiger partial charge in [0.2, 0.25) is 0 Å². The summed E-state index contributed by atoms with van der Waals surface area (Å²) >= 11 is 0. The number of rotatable bonds is 6. The van der Waals surface area contributed by atoms with Gasteiger partial charge in [-0.3, -0.25) is 4.57 Å². The zero-order chi connectivity index (χ0) is 17.1. The molecule has 1 fully saturated rings. The summed E-state index contributed by atoms with van der Waals surface area (Å²) in [4.78, 5) is 0. The molecule has 1 saturated heterocycles. The Hall–Kier alpha value is -0.630. The molecule has 23 heavy (non-hydrogen) atoms. The van der Waals surface area contributed by atoms with Crippen LogP contribution in [0.25, 0.3) is 0 Å². The monoisotopic (exact) mass is 337 g/mol. The predicted molar refractivity (Wildman–Crippen MR) is 97.9 cm³/mol.